The number of carbonyl (C=O) groups excluding carboxylic acids is 1. The van der Waals surface area contributed by atoms with Gasteiger partial charge < -0.3 is 10.6 Å². The average Bonchev–Trinajstić information content (AvgIpc) is 2.96. The van der Waals surface area contributed by atoms with Crippen LogP contribution in [0, 0.1) is 18.8 Å². The number of nitrogens with two attached hydrogens (primary N) is 1. The van der Waals surface area contributed by atoms with Crippen LogP contribution >= 0.6 is 11.3 Å². The summed E-state index contributed by atoms with van der Waals surface area (Å²) in [4.78, 5) is 19.6. The number of nitrogens with zero attached hydrogens (tertiary/aromatic N) is 2. The summed E-state index contributed by atoms with van der Waals surface area (Å²) in [6.45, 7) is 3.28. The van der Waals surface area contributed by atoms with Crippen LogP contribution in [0.3, 0.4) is 0 Å². The number of thiazole rings is 1. The third-order valence-corrected chi connectivity index (χ3v) is 4.61. The molecule has 18 heavy (non-hydrogen) atoms. The molecule has 0 aliphatic heterocycles. The summed E-state index contributed by atoms with van der Waals surface area (Å²) in [5.74, 6) is 0.756. The standard InChI is InChI=1S/C13H21N3OS/c1-9-15-7-11(18-9)8-16(2)13(17)12-5-3-4-10(12)6-14/h7,10,12H,3-6,8,14H2,1-2H3. The first-order valence-electron chi connectivity index (χ1n) is 6.48. The maximum Gasteiger partial charge on any atom is 0.226 e. The van der Waals surface area contributed by atoms with Crippen LogP contribution in [-0.2, 0) is 11.3 Å². The van der Waals surface area contributed by atoms with Crippen molar-refractivity contribution in [1.82, 2.24) is 9.88 Å². The molecule has 1 fully saturated rings. The summed E-state index contributed by atoms with van der Waals surface area (Å²) in [5, 5.41) is 1.05. The Kier molecular flexibility index (Phi) is 4.35. The van der Waals surface area contributed by atoms with Crippen LogP contribution in [0.5, 0.6) is 0 Å². The van der Waals surface area contributed by atoms with Crippen LogP contribution < -0.4 is 5.73 Å². The molecule has 1 aliphatic rings. The Morgan fingerprint density at radius 2 is 2.39 bits per heavy atom. The molecule has 1 heterocycles. The molecule has 0 saturated heterocycles. The minimum absolute atomic E-state index is 0.133. The molecule has 1 amide bonds. The Bertz CT molecular complexity index is 418. The summed E-state index contributed by atoms with van der Waals surface area (Å²) < 4.78 is 0. The maximum absolute atomic E-state index is 12.4. The zero-order valence-electron chi connectivity index (χ0n) is 11.1. The second-order valence-electron chi connectivity index (χ2n) is 5.07. The van der Waals surface area contributed by atoms with Crippen LogP contribution in [0.15, 0.2) is 6.20 Å². The van der Waals surface area contributed by atoms with Crippen molar-refractivity contribution in [2.45, 2.75) is 32.7 Å². The molecule has 5 heteroatoms. The highest BCUT2D eigenvalue weighted by Crippen LogP contribution is 2.32. The Labute approximate surface area is 112 Å². The molecule has 2 rings (SSSR count). The van der Waals surface area contributed by atoms with Crippen LogP contribution in [0.1, 0.15) is 29.1 Å². The molecule has 1 aromatic heterocycles. The van der Waals surface area contributed by atoms with Crippen molar-refractivity contribution < 1.29 is 4.79 Å². The van der Waals surface area contributed by atoms with Crippen LogP contribution in [-0.4, -0.2) is 29.4 Å². The lowest BCUT2D eigenvalue weighted by atomic mass is 9.95. The van der Waals surface area contributed by atoms with E-state index in [4.69, 9.17) is 5.73 Å². The number of aromatic nitrogens is 1. The SMILES string of the molecule is Cc1ncc(CN(C)C(=O)C2CCCC2CN)s1. The summed E-state index contributed by atoms with van der Waals surface area (Å²) in [6.07, 6.45) is 5.08. The third-order valence-electron chi connectivity index (χ3n) is 3.72. The summed E-state index contributed by atoms with van der Waals surface area (Å²) in [6, 6.07) is 0. The summed E-state index contributed by atoms with van der Waals surface area (Å²) >= 11 is 1.65. The maximum atomic E-state index is 12.4. The van der Waals surface area contributed by atoms with Crippen molar-refractivity contribution >= 4 is 17.2 Å². The molecule has 4 nitrogen and oxygen atoms in total. The lowest BCUT2D eigenvalue weighted by molar-refractivity contribution is -0.135. The fourth-order valence-corrected chi connectivity index (χ4v) is 3.57. The minimum atomic E-state index is 0.133. The summed E-state index contributed by atoms with van der Waals surface area (Å²) in [5.41, 5.74) is 5.74. The molecule has 2 N–H and O–H groups in total. The van der Waals surface area contributed by atoms with Gasteiger partial charge in [-0.3, -0.25) is 4.79 Å². The monoisotopic (exact) mass is 267 g/mol. The van der Waals surface area contributed by atoms with Gasteiger partial charge in [-0.1, -0.05) is 6.42 Å². The molecule has 1 aromatic rings. The number of aryl methyl sites for hydroxylation is 1. The largest absolute Gasteiger partial charge is 0.340 e. The van der Waals surface area contributed by atoms with Gasteiger partial charge in [0.15, 0.2) is 0 Å². The van der Waals surface area contributed by atoms with Gasteiger partial charge in [0.25, 0.3) is 0 Å². The molecular formula is C13H21N3OS. The zero-order chi connectivity index (χ0) is 13.1. The van der Waals surface area contributed by atoms with E-state index in [-0.39, 0.29) is 11.8 Å². The molecule has 1 saturated carbocycles. The Balaban J connectivity index is 1.96. The molecule has 0 aromatic carbocycles. The molecule has 0 bridgehead atoms. The number of carbonyl (C=O) groups is 1. The van der Waals surface area contributed by atoms with Crippen molar-refractivity contribution in [3.05, 3.63) is 16.1 Å². The van der Waals surface area contributed by atoms with Gasteiger partial charge in [-0.25, -0.2) is 4.98 Å². The first-order valence-corrected chi connectivity index (χ1v) is 7.29. The highest BCUT2D eigenvalue weighted by molar-refractivity contribution is 7.11. The van der Waals surface area contributed by atoms with E-state index in [0.717, 1.165) is 29.1 Å². The van der Waals surface area contributed by atoms with Gasteiger partial charge in [0.05, 0.1) is 11.6 Å². The van der Waals surface area contributed by atoms with Crippen molar-refractivity contribution in [3.63, 3.8) is 0 Å². The van der Waals surface area contributed by atoms with Crippen molar-refractivity contribution in [3.8, 4) is 0 Å². The van der Waals surface area contributed by atoms with E-state index in [0.29, 0.717) is 19.0 Å². The van der Waals surface area contributed by atoms with Gasteiger partial charge in [0, 0.05) is 24.0 Å². The van der Waals surface area contributed by atoms with Crippen molar-refractivity contribution in [2.24, 2.45) is 17.6 Å². The van der Waals surface area contributed by atoms with Gasteiger partial charge in [-0.15, -0.1) is 11.3 Å². The van der Waals surface area contributed by atoms with E-state index in [9.17, 15) is 4.79 Å². The zero-order valence-corrected chi connectivity index (χ0v) is 11.9. The molecule has 2 atom stereocenters. The molecule has 1 aliphatic carbocycles. The van der Waals surface area contributed by atoms with E-state index in [2.05, 4.69) is 4.98 Å². The Morgan fingerprint density at radius 1 is 1.61 bits per heavy atom. The predicted molar refractivity (Wildman–Crippen MR) is 73.2 cm³/mol. The smallest absolute Gasteiger partial charge is 0.226 e. The van der Waals surface area contributed by atoms with E-state index in [1.54, 1.807) is 11.3 Å². The third kappa shape index (κ3) is 2.90. The molecule has 100 valence electrons. The second-order valence-corrected chi connectivity index (χ2v) is 6.39. The highest BCUT2D eigenvalue weighted by Gasteiger charge is 2.33. The van der Waals surface area contributed by atoms with Gasteiger partial charge in [-0.05, 0) is 32.2 Å². The Hall–Kier alpha value is -0.940. The predicted octanol–water partition coefficient (Wildman–Crippen LogP) is 1.78. The van der Waals surface area contributed by atoms with Crippen LogP contribution in [0.4, 0.5) is 0 Å². The topological polar surface area (TPSA) is 59.2 Å². The lowest BCUT2D eigenvalue weighted by Crippen LogP contribution is -2.36. The average molecular weight is 267 g/mol. The Morgan fingerprint density at radius 3 is 3.00 bits per heavy atom. The fraction of sp³-hybridized carbons (Fsp3) is 0.692. The number of amides is 1. The van der Waals surface area contributed by atoms with Crippen molar-refractivity contribution in [1.29, 1.82) is 0 Å². The van der Waals surface area contributed by atoms with Gasteiger partial charge in [-0.2, -0.15) is 0 Å². The first kappa shape index (κ1) is 13.5. The molecule has 2 unspecified atom stereocenters. The minimum Gasteiger partial charge on any atom is -0.340 e. The van der Waals surface area contributed by atoms with Crippen LogP contribution in [0.2, 0.25) is 0 Å². The fourth-order valence-electron chi connectivity index (χ4n) is 2.72. The normalized spacial score (nSPS) is 23.3. The number of hydrogen-bond acceptors (Lipinski definition) is 4. The number of rotatable bonds is 4. The van der Waals surface area contributed by atoms with Crippen molar-refractivity contribution in [2.75, 3.05) is 13.6 Å². The molecule has 0 spiro atoms. The number of hydrogen-bond donors (Lipinski definition) is 1. The second kappa shape index (κ2) is 5.80. The van der Waals surface area contributed by atoms with E-state index < -0.39 is 0 Å². The van der Waals surface area contributed by atoms with Crippen LogP contribution in [0.25, 0.3) is 0 Å². The first-order chi connectivity index (χ1) is 8.61. The summed E-state index contributed by atoms with van der Waals surface area (Å²) in [7, 11) is 1.88. The van der Waals surface area contributed by atoms with E-state index in [1.165, 1.54) is 0 Å². The molecular weight excluding hydrogens is 246 g/mol. The van der Waals surface area contributed by atoms with Gasteiger partial charge >= 0.3 is 0 Å². The quantitative estimate of drug-likeness (QED) is 0.904. The van der Waals surface area contributed by atoms with E-state index in [1.807, 2.05) is 25.1 Å². The van der Waals surface area contributed by atoms with Gasteiger partial charge in [0.1, 0.15) is 0 Å². The highest BCUT2D eigenvalue weighted by atomic mass is 32.1. The van der Waals surface area contributed by atoms with E-state index >= 15 is 0 Å². The van der Waals surface area contributed by atoms with Gasteiger partial charge in [0.2, 0.25) is 5.91 Å². The lowest BCUT2D eigenvalue weighted by Gasteiger charge is -2.24. The molecule has 0 radical (unpaired) electrons.